The molecular formula is C9H7NO2. The van der Waals surface area contributed by atoms with E-state index in [0.29, 0.717) is 10.6 Å². The van der Waals surface area contributed by atoms with Crippen LogP contribution >= 0.6 is 0 Å². The summed E-state index contributed by atoms with van der Waals surface area (Å²) in [5, 5.41) is 10.6. The van der Waals surface area contributed by atoms with Gasteiger partial charge < -0.3 is 5.11 Å². The second-order valence-electron chi connectivity index (χ2n) is 2.62. The molecule has 0 aromatic heterocycles. The molecule has 0 unspecified atom stereocenters. The number of carbonyl (C=O) groups is 1. The first-order chi connectivity index (χ1) is 5.77. The molecule has 0 fully saturated rings. The van der Waals surface area contributed by atoms with Gasteiger partial charge in [0.2, 0.25) is 5.91 Å². The zero-order valence-corrected chi connectivity index (χ0v) is 6.32. The number of aromatic hydroxyl groups is 1. The van der Waals surface area contributed by atoms with Gasteiger partial charge in [0.05, 0.1) is 5.36 Å². The highest BCUT2D eigenvalue weighted by Gasteiger charge is 2.03. The van der Waals surface area contributed by atoms with Gasteiger partial charge in [0.25, 0.3) is 0 Å². The maximum atomic E-state index is 10.9. The first kappa shape index (κ1) is 7.03. The van der Waals surface area contributed by atoms with Gasteiger partial charge in [-0.05, 0) is 12.1 Å². The summed E-state index contributed by atoms with van der Waals surface area (Å²) in [5.74, 6) is 0.0249. The normalized spacial score (nSPS) is 14.5. The van der Waals surface area contributed by atoms with Gasteiger partial charge >= 0.3 is 0 Å². The second-order valence-corrected chi connectivity index (χ2v) is 2.62. The standard InChI is InChI=1S/C9H7NO2/c11-8-3-1-2-7-6(8)4-5-9(12)10-7/h1-4,11H,5H2. The van der Waals surface area contributed by atoms with Crippen LogP contribution in [0.25, 0.3) is 6.08 Å². The SMILES string of the molecule is O=C1CC=c2c(O)cccc2=N1. The molecule has 0 radical (unpaired) electrons. The molecular weight excluding hydrogens is 154 g/mol. The van der Waals surface area contributed by atoms with E-state index in [1.165, 1.54) is 0 Å². The summed E-state index contributed by atoms with van der Waals surface area (Å²) < 4.78 is 0. The highest BCUT2D eigenvalue weighted by molar-refractivity contribution is 5.83. The molecule has 0 atom stereocenters. The van der Waals surface area contributed by atoms with Crippen LogP contribution in [0.5, 0.6) is 5.75 Å². The Kier molecular flexibility index (Phi) is 1.43. The average molecular weight is 161 g/mol. The van der Waals surface area contributed by atoms with Crippen LogP contribution in [0.15, 0.2) is 23.2 Å². The maximum absolute atomic E-state index is 10.9. The fraction of sp³-hybridized carbons (Fsp3) is 0.111. The molecule has 1 aliphatic heterocycles. The van der Waals surface area contributed by atoms with Crippen molar-refractivity contribution >= 4 is 12.0 Å². The fourth-order valence-corrected chi connectivity index (χ4v) is 1.22. The topological polar surface area (TPSA) is 49.7 Å². The van der Waals surface area contributed by atoms with Gasteiger partial charge in [-0.15, -0.1) is 0 Å². The summed E-state index contributed by atoms with van der Waals surface area (Å²) in [6, 6.07) is 4.97. The number of fused-ring (bicyclic) bond motifs is 1. The van der Waals surface area contributed by atoms with Crippen molar-refractivity contribution in [1.82, 2.24) is 0 Å². The van der Waals surface area contributed by atoms with Gasteiger partial charge in [-0.3, -0.25) is 4.79 Å². The molecule has 60 valence electrons. The van der Waals surface area contributed by atoms with Crippen molar-refractivity contribution in [3.8, 4) is 5.75 Å². The smallest absolute Gasteiger partial charge is 0.250 e. The molecule has 0 aliphatic carbocycles. The predicted octanol–water partition coefficient (Wildman–Crippen LogP) is -0.277. The second kappa shape index (κ2) is 2.44. The van der Waals surface area contributed by atoms with Crippen LogP contribution in [0, 0.1) is 0 Å². The van der Waals surface area contributed by atoms with E-state index < -0.39 is 0 Å². The van der Waals surface area contributed by atoms with Crippen molar-refractivity contribution in [1.29, 1.82) is 0 Å². The molecule has 0 spiro atoms. The number of rotatable bonds is 0. The third kappa shape index (κ3) is 0.993. The maximum Gasteiger partial charge on any atom is 0.250 e. The first-order valence-corrected chi connectivity index (χ1v) is 3.67. The monoisotopic (exact) mass is 161 g/mol. The largest absolute Gasteiger partial charge is 0.507 e. The van der Waals surface area contributed by atoms with Gasteiger partial charge in [0.15, 0.2) is 0 Å². The van der Waals surface area contributed by atoms with E-state index in [-0.39, 0.29) is 18.1 Å². The number of nitrogens with zero attached hydrogens (tertiary/aromatic N) is 1. The van der Waals surface area contributed by atoms with Crippen molar-refractivity contribution < 1.29 is 9.90 Å². The number of phenolic OH excluding ortho intramolecular Hbond substituents is 1. The van der Waals surface area contributed by atoms with Gasteiger partial charge in [0.1, 0.15) is 5.75 Å². The van der Waals surface area contributed by atoms with E-state index in [2.05, 4.69) is 4.99 Å². The van der Waals surface area contributed by atoms with Crippen molar-refractivity contribution in [2.75, 3.05) is 0 Å². The number of benzene rings is 1. The Labute approximate surface area is 68.7 Å². The Morgan fingerprint density at radius 1 is 1.42 bits per heavy atom. The predicted molar refractivity (Wildman–Crippen MR) is 43.0 cm³/mol. The molecule has 0 bridgehead atoms. The molecule has 1 aromatic carbocycles. The van der Waals surface area contributed by atoms with Crippen molar-refractivity contribution in [3.63, 3.8) is 0 Å². The Balaban J connectivity index is 2.87. The molecule has 1 amide bonds. The lowest BCUT2D eigenvalue weighted by Crippen LogP contribution is -2.29. The minimum Gasteiger partial charge on any atom is -0.507 e. The Hall–Kier alpha value is -1.64. The van der Waals surface area contributed by atoms with E-state index in [1.807, 2.05) is 0 Å². The molecule has 12 heavy (non-hydrogen) atoms. The van der Waals surface area contributed by atoms with Crippen LogP contribution in [0.4, 0.5) is 0 Å². The van der Waals surface area contributed by atoms with Crippen LogP contribution < -0.4 is 10.6 Å². The van der Waals surface area contributed by atoms with Crippen LogP contribution in [0.1, 0.15) is 6.42 Å². The minimum absolute atomic E-state index is 0.159. The lowest BCUT2D eigenvalue weighted by Gasteiger charge is -1.99. The minimum atomic E-state index is -0.159. The highest BCUT2D eigenvalue weighted by atomic mass is 16.3. The lowest BCUT2D eigenvalue weighted by atomic mass is 10.2. The van der Waals surface area contributed by atoms with Crippen molar-refractivity contribution in [2.45, 2.75) is 6.42 Å². The third-order valence-electron chi connectivity index (χ3n) is 1.79. The lowest BCUT2D eigenvalue weighted by molar-refractivity contribution is -0.117. The summed E-state index contributed by atoms with van der Waals surface area (Å²) in [7, 11) is 0. The molecule has 3 nitrogen and oxygen atoms in total. The summed E-state index contributed by atoms with van der Waals surface area (Å²) in [6.07, 6.45) is 1.98. The van der Waals surface area contributed by atoms with Crippen LogP contribution in [0.2, 0.25) is 0 Å². The van der Waals surface area contributed by atoms with Gasteiger partial charge in [-0.1, -0.05) is 12.1 Å². The van der Waals surface area contributed by atoms with E-state index in [4.69, 9.17) is 0 Å². The number of carbonyl (C=O) groups excluding carboxylic acids is 1. The van der Waals surface area contributed by atoms with Crippen LogP contribution in [0.3, 0.4) is 0 Å². The van der Waals surface area contributed by atoms with Gasteiger partial charge in [-0.25, -0.2) is 4.99 Å². The first-order valence-electron chi connectivity index (χ1n) is 3.67. The van der Waals surface area contributed by atoms with Crippen molar-refractivity contribution in [3.05, 3.63) is 28.8 Å². The van der Waals surface area contributed by atoms with Crippen molar-refractivity contribution in [2.24, 2.45) is 4.99 Å². The zero-order chi connectivity index (χ0) is 8.55. The van der Waals surface area contributed by atoms with Crippen LogP contribution in [-0.4, -0.2) is 11.0 Å². The quantitative estimate of drug-likeness (QED) is 0.569. The van der Waals surface area contributed by atoms with Gasteiger partial charge in [-0.2, -0.15) is 0 Å². The van der Waals surface area contributed by atoms with E-state index >= 15 is 0 Å². The molecule has 0 saturated heterocycles. The third-order valence-corrected chi connectivity index (χ3v) is 1.79. The highest BCUT2D eigenvalue weighted by Crippen LogP contribution is 1.98. The Morgan fingerprint density at radius 2 is 2.25 bits per heavy atom. The molecule has 2 rings (SSSR count). The van der Waals surface area contributed by atoms with E-state index in [1.54, 1.807) is 24.3 Å². The van der Waals surface area contributed by atoms with E-state index in [9.17, 15) is 9.90 Å². The Bertz CT molecular complexity index is 448. The van der Waals surface area contributed by atoms with Crippen LogP contribution in [-0.2, 0) is 4.79 Å². The average Bonchev–Trinajstić information content (AvgIpc) is 2.04. The summed E-state index contributed by atoms with van der Waals surface area (Å²) in [5.41, 5.74) is 0. The number of amides is 1. The molecule has 0 saturated carbocycles. The Morgan fingerprint density at radius 3 is 3.08 bits per heavy atom. The molecule has 1 N–H and O–H groups in total. The number of hydrogen-bond acceptors (Lipinski definition) is 2. The summed E-state index contributed by atoms with van der Waals surface area (Å²) in [4.78, 5) is 14.6. The molecule has 1 heterocycles. The molecule has 1 aromatic rings. The molecule has 3 heteroatoms. The molecule has 1 aliphatic rings. The summed E-state index contributed by atoms with van der Waals surface area (Å²) in [6.45, 7) is 0. The summed E-state index contributed by atoms with van der Waals surface area (Å²) >= 11 is 0. The number of hydrogen-bond donors (Lipinski definition) is 1. The van der Waals surface area contributed by atoms with E-state index in [0.717, 1.165) is 0 Å². The number of phenols is 1. The van der Waals surface area contributed by atoms with Gasteiger partial charge in [0, 0.05) is 11.6 Å². The fourth-order valence-electron chi connectivity index (χ4n) is 1.22. The zero-order valence-electron chi connectivity index (χ0n) is 6.32.